The maximum Gasteiger partial charge on any atom is 0.307 e. The van der Waals surface area contributed by atoms with Crippen LogP contribution in [-0.2, 0) is 27.3 Å². The first kappa shape index (κ1) is 26.8. The maximum atomic E-state index is 13.9. The van der Waals surface area contributed by atoms with E-state index in [1.807, 2.05) is 26.8 Å². The van der Waals surface area contributed by atoms with Crippen LogP contribution in [0, 0.1) is 0 Å². The van der Waals surface area contributed by atoms with Crippen molar-refractivity contribution in [1.82, 2.24) is 4.57 Å². The van der Waals surface area contributed by atoms with E-state index in [1.54, 1.807) is 54.1 Å². The van der Waals surface area contributed by atoms with Crippen LogP contribution in [0.5, 0.6) is 11.5 Å². The molecule has 4 aromatic rings. The van der Waals surface area contributed by atoms with Crippen molar-refractivity contribution in [2.75, 3.05) is 23.3 Å². The summed E-state index contributed by atoms with van der Waals surface area (Å²) in [6.07, 6.45) is -1.11. The molecule has 3 aromatic carbocycles. The Labute approximate surface area is 230 Å². The molecule has 0 aliphatic carbocycles. The third kappa shape index (κ3) is 4.99. The van der Waals surface area contributed by atoms with E-state index < -0.39 is 22.0 Å². The van der Waals surface area contributed by atoms with E-state index in [9.17, 15) is 18.0 Å². The van der Waals surface area contributed by atoms with Gasteiger partial charge >= 0.3 is 4.87 Å². The molecule has 9 nitrogen and oxygen atoms in total. The zero-order chi connectivity index (χ0) is 28.1. The lowest BCUT2D eigenvalue weighted by molar-refractivity contribution is -0.122. The lowest BCUT2D eigenvalue weighted by atomic mass is 9.86. The average Bonchev–Trinajstić information content (AvgIpc) is 3.19. The van der Waals surface area contributed by atoms with Gasteiger partial charge in [0, 0.05) is 12.7 Å². The Kier molecular flexibility index (Phi) is 6.68. The molecule has 0 radical (unpaired) electrons. The Morgan fingerprint density at radius 2 is 1.79 bits per heavy atom. The summed E-state index contributed by atoms with van der Waals surface area (Å²) in [7, 11) is -0.852. The van der Waals surface area contributed by atoms with Gasteiger partial charge in [0.2, 0.25) is 0 Å². The molecule has 0 bridgehead atoms. The lowest BCUT2D eigenvalue weighted by Crippen LogP contribution is -2.49. The first-order valence-corrected chi connectivity index (χ1v) is 14.5. The zero-order valence-corrected chi connectivity index (χ0v) is 23.9. The van der Waals surface area contributed by atoms with Gasteiger partial charge in [0.15, 0.2) is 6.10 Å². The van der Waals surface area contributed by atoms with Crippen molar-refractivity contribution in [3.8, 4) is 11.5 Å². The van der Waals surface area contributed by atoms with Crippen LogP contribution in [0.1, 0.15) is 26.3 Å². The van der Waals surface area contributed by atoms with Crippen LogP contribution in [0.3, 0.4) is 0 Å². The van der Waals surface area contributed by atoms with Crippen molar-refractivity contribution >= 4 is 48.9 Å². The quantitative estimate of drug-likeness (QED) is 0.381. The SMILES string of the molecule is COc1ccc(S(=O)(=O)N2C[C@H](C(=O)Nc3ccc4c(c3)sc(=O)n4C)Oc3ccc(C(C)(C)C)cc32)cc1. The first-order chi connectivity index (χ1) is 18.4. The van der Waals surface area contributed by atoms with Gasteiger partial charge in [0.05, 0.1) is 34.5 Å². The second-order valence-corrected chi connectivity index (χ2v) is 13.2. The van der Waals surface area contributed by atoms with Crippen LogP contribution >= 0.6 is 11.3 Å². The molecule has 5 rings (SSSR count). The highest BCUT2D eigenvalue weighted by atomic mass is 32.2. The largest absolute Gasteiger partial charge is 0.497 e. The summed E-state index contributed by atoms with van der Waals surface area (Å²) >= 11 is 1.08. The Morgan fingerprint density at radius 1 is 1.08 bits per heavy atom. The number of benzene rings is 3. The van der Waals surface area contributed by atoms with Crippen molar-refractivity contribution < 1.29 is 22.7 Å². The number of thiazole rings is 1. The highest BCUT2D eigenvalue weighted by Gasteiger charge is 2.38. The molecule has 1 amide bonds. The molecule has 0 fully saturated rings. The first-order valence-electron chi connectivity index (χ1n) is 12.3. The van der Waals surface area contributed by atoms with Crippen LogP contribution in [0.2, 0.25) is 0 Å². The molecule has 39 heavy (non-hydrogen) atoms. The number of aromatic nitrogens is 1. The summed E-state index contributed by atoms with van der Waals surface area (Å²) in [5, 5.41) is 2.82. The standard InChI is InChI=1S/C28H29N3O6S2/c1-28(2,3)17-6-13-23-22(14-17)31(39(34,35)20-10-8-19(36-5)9-11-20)16-24(37-23)26(32)29-18-7-12-21-25(15-18)38-27(33)30(21)4/h6-15,24H,16H2,1-5H3,(H,29,32)/t24-/m1/s1. The number of nitrogens with zero attached hydrogens (tertiary/aromatic N) is 2. The molecule has 0 saturated heterocycles. The zero-order valence-electron chi connectivity index (χ0n) is 22.2. The van der Waals surface area contributed by atoms with Crippen molar-refractivity contribution in [2.45, 2.75) is 37.2 Å². The second kappa shape index (κ2) is 9.73. The van der Waals surface area contributed by atoms with Crippen LogP contribution in [0.15, 0.2) is 70.4 Å². The fourth-order valence-corrected chi connectivity index (χ4v) is 6.78. The molecule has 2 heterocycles. The Bertz CT molecular complexity index is 1730. The predicted octanol–water partition coefficient (Wildman–Crippen LogP) is 4.50. The molecule has 0 saturated carbocycles. The van der Waals surface area contributed by atoms with Gasteiger partial charge in [-0.1, -0.05) is 38.2 Å². The molecule has 0 spiro atoms. The van der Waals surface area contributed by atoms with Crippen molar-refractivity contribution in [2.24, 2.45) is 7.05 Å². The monoisotopic (exact) mass is 567 g/mol. The summed E-state index contributed by atoms with van der Waals surface area (Å²) in [5.41, 5.74) is 2.31. The van der Waals surface area contributed by atoms with E-state index in [-0.39, 0.29) is 21.7 Å². The summed E-state index contributed by atoms with van der Waals surface area (Å²) in [6.45, 7) is 5.90. The highest BCUT2D eigenvalue weighted by Crippen LogP contribution is 2.40. The van der Waals surface area contributed by atoms with E-state index in [4.69, 9.17) is 9.47 Å². The summed E-state index contributed by atoms with van der Waals surface area (Å²) in [5.74, 6) is 0.324. The van der Waals surface area contributed by atoms with Gasteiger partial charge in [0.1, 0.15) is 11.5 Å². The highest BCUT2D eigenvalue weighted by molar-refractivity contribution is 7.92. The third-order valence-electron chi connectivity index (χ3n) is 6.69. The van der Waals surface area contributed by atoms with Crippen LogP contribution in [0.25, 0.3) is 10.2 Å². The van der Waals surface area contributed by atoms with Crippen LogP contribution in [0.4, 0.5) is 11.4 Å². The van der Waals surface area contributed by atoms with E-state index >= 15 is 0 Å². The van der Waals surface area contributed by atoms with Crippen LogP contribution in [-0.4, -0.2) is 38.7 Å². The summed E-state index contributed by atoms with van der Waals surface area (Å²) in [6, 6.07) is 16.7. The van der Waals surface area contributed by atoms with E-state index in [0.29, 0.717) is 22.9 Å². The average molecular weight is 568 g/mol. The second-order valence-electron chi connectivity index (χ2n) is 10.3. The Morgan fingerprint density at radius 3 is 2.46 bits per heavy atom. The summed E-state index contributed by atoms with van der Waals surface area (Å²) in [4.78, 5) is 25.3. The topological polar surface area (TPSA) is 107 Å². The van der Waals surface area contributed by atoms with E-state index in [0.717, 1.165) is 27.1 Å². The van der Waals surface area contributed by atoms with Gasteiger partial charge in [-0.25, -0.2) is 8.42 Å². The number of hydrogen-bond donors (Lipinski definition) is 1. The molecule has 11 heteroatoms. The fraction of sp³-hybridized carbons (Fsp3) is 0.286. The number of hydrogen-bond acceptors (Lipinski definition) is 7. The predicted molar refractivity (Wildman–Crippen MR) is 153 cm³/mol. The minimum Gasteiger partial charge on any atom is -0.497 e. The van der Waals surface area contributed by atoms with Gasteiger partial charge in [-0.05, 0) is 65.6 Å². The van der Waals surface area contributed by atoms with Gasteiger partial charge < -0.3 is 19.4 Å². The Hall–Kier alpha value is -3.83. The number of sulfonamides is 1. The molecule has 1 N–H and O–H groups in total. The fourth-order valence-electron chi connectivity index (χ4n) is 4.39. The smallest absolute Gasteiger partial charge is 0.307 e. The minimum atomic E-state index is -4.05. The number of fused-ring (bicyclic) bond motifs is 2. The number of anilines is 2. The van der Waals surface area contributed by atoms with Gasteiger partial charge in [-0.3, -0.25) is 13.9 Å². The van der Waals surface area contributed by atoms with Crippen molar-refractivity contribution in [3.63, 3.8) is 0 Å². The number of methoxy groups -OCH3 is 1. The van der Waals surface area contributed by atoms with Crippen LogP contribution < -0.4 is 24.0 Å². The minimum absolute atomic E-state index is 0.0703. The number of aryl methyl sites for hydroxylation is 1. The molecular formula is C28H29N3O6S2. The number of ether oxygens (including phenoxy) is 2. The number of nitrogens with one attached hydrogen (secondary N) is 1. The van der Waals surface area contributed by atoms with Gasteiger partial charge in [-0.2, -0.15) is 0 Å². The number of amides is 1. The molecule has 0 unspecified atom stereocenters. The molecule has 1 atom stereocenters. The summed E-state index contributed by atoms with van der Waals surface area (Å²) < 4.78 is 42.5. The maximum absolute atomic E-state index is 13.9. The number of carbonyl (C=O) groups excluding carboxylic acids is 1. The molecule has 204 valence electrons. The normalized spacial score (nSPS) is 15.5. The van der Waals surface area contributed by atoms with Gasteiger partial charge in [0.25, 0.3) is 15.9 Å². The van der Waals surface area contributed by atoms with Crippen molar-refractivity contribution in [3.05, 3.63) is 75.9 Å². The molecule has 1 aliphatic rings. The van der Waals surface area contributed by atoms with E-state index in [1.165, 1.54) is 23.5 Å². The van der Waals surface area contributed by atoms with Gasteiger partial charge in [-0.15, -0.1) is 0 Å². The Balaban J connectivity index is 1.51. The molecule has 1 aromatic heterocycles. The van der Waals surface area contributed by atoms with Crippen molar-refractivity contribution in [1.29, 1.82) is 0 Å². The number of rotatable bonds is 5. The molecule has 1 aliphatic heterocycles. The lowest BCUT2D eigenvalue weighted by Gasteiger charge is -2.36. The number of carbonyl (C=O) groups is 1. The van der Waals surface area contributed by atoms with E-state index in [2.05, 4.69) is 5.32 Å². The third-order valence-corrected chi connectivity index (χ3v) is 9.48. The molecular weight excluding hydrogens is 538 g/mol.